The van der Waals surface area contributed by atoms with Gasteiger partial charge in [-0.15, -0.1) is 5.10 Å². The second-order valence-corrected chi connectivity index (χ2v) is 3.94. The standard InChI is InChI=1S/C12H20N4O/c1-3-4-5-12(17)14-9-8-13-11-7-6-10(2)15-16-11/h6-7H,3-5,8-9H2,1-2H3,(H,13,16)(H,14,17). The van der Waals surface area contributed by atoms with Gasteiger partial charge >= 0.3 is 0 Å². The first-order chi connectivity index (χ1) is 8.22. The van der Waals surface area contributed by atoms with Gasteiger partial charge in [-0.3, -0.25) is 4.79 Å². The van der Waals surface area contributed by atoms with Gasteiger partial charge < -0.3 is 10.6 Å². The highest BCUT2D eigenvalue weighted by Gasteiger charge is 1.99. The Morgan fingerprint density at radius 1 is 1.29 bits per heavy atom. The van der Waals surface area contributed by atoms with Gasteiger partial charge in [0.2, 0.25) is 5.91 Å². The lowest BCUT2D eigenvalue weighted by Crippen LogP contribution is -2.28. The zero-order valence-corrected chi connectivity index (χ0v) is 10.5. The second-order valence-electron chi connectivity index (χ2n) is 3.94. The van der Waals surface area contributed by atoms with E-state index >= 15 is 0 Å². The van der Waals surface area contributed by atoms with E-state index in [9.17, 15) is 4.79 Å². The van der Waals surface area contributed by atoms with Crippen LogP contribution >= 0.6 is 0 Å². The van der Waals surface area contributed by atoms with Crippen LogP contribution < -0.4 is 10.6 Å². The number of nitrogens with one attached hydrogen (secondary N) is 2. The average Bonchev–Trinajstić information content (AvgIpc) is 2.34. The molecule has 0 unspecified atom stereocenters. The van der Waals surface area contributed by atoms with Crippen molar-refractivity contribution in [2.24, 2.45) is 0 Å². The number of unbranched alkanes of at least 4 members (excludes halogenated alkanes) is 1. The number of amides is 1. The molecule has 94 valence electrons. The quantitative estimate of drug-likeness (QED) is 0.704. The Morgan fingerprint density at radius 3 is 2.76 bits per heavy atom. The number of carbonyl (C=O) groups excluding carboxylic acids is 1. The molecule has 17 heavy (non-hydrogen) atoms. The molecule has 0 aliphatic rings. The third kappa shape index (κ3) is 5.85. The third-order valence-corrected chi connectivity index (χ3v) is 2.31. The Balaban J connectivity index is 2.11. The van der Waals surface area contributed by atoms with Gasteiger partial charge in [-0.25, -0.2) is 0 Å². The molecule has 5 heteroatoms. The molecule has 0 fully saturated rings. The van der Waals surface area contributed by atoms with E-state index in [4.69, 9.17) is 0 Å². The lowest BCUT2D eigenvalue weighted by molar-refractivity contribution is -0.121. The molecule has 0 saturated carbocycles. The van der Waals surface area contributed by atoms with Crippen molar-refractivity contribution in [3.63, 3.8) is 0 Å². The zero-order chi connectivity index (χ0) is 12.5. The number of carbonyl (C=O) groups is 1. The predicted molar refractivity (Wildman–Crippen MR) is 67.8 cm³/mol. The van der Waals surface area contributed by atoms with Crippen molar-refractivity contribution in [2.75, 3.05) is 18.4 Å². The van der Waals surface area contributed by atoms with Crippen LogP contribution in [0.5, 0.6) is 0 Å². The van der Waals surface area contributed by atoms with Crippen LogP contribution in [0, 0.1) is 6.92 Å². The summed E-state index contributed by atoms with van der Waals surface area (Å²) < 4.78 is 0. The van der Waals surface area contributed by atoms with Crippen molar-refractivity contribution < 1.29 is 4.79 Å². The largest absolute Gasteiger partial charge is 0.367 e. The van der Waals surface area contributed by atoms with E-state index in [1.807, 2.05) is 19.1 Å². The van der Waals surface area contributed by atoms with E-state index in [1.54, 1.807) is 0 Å². The Hall–Kier alpha value is -1.65. The topological polar surface area (TPSA) is 66.9 Å². The summed E-state index contributed by atoms with van der Waals surface area (Å²) in [5, 5.41) is 13.8. The van der Waals surface area contributed by atoms with E-state index < -0.39 is 0 Å². The number of rotatable bonds is 7. The highest BCUT2D eigenvalue weighted by molar-refractivity contribution is 5.75. The van der Waals surface area contributed by atoms with Gasteiger partial charge in [-0.05, 0) is 25.5 Å². The fraction of sp³-hybridized carbons (Fsp3) is 0.583. The van der Waals surface area contributed by atoms with Crippen molar-refractivity contribution in [3.05, 3.63) is 17.8 Å². The normalized spacial score (nSPS) is 10.0. The molecule has 0 spiro atoms. The molecule has 1 rings (SSSR count). The van der Waals surface area contributed by atoms with E-state index in [-0.39, 0.29) is 5.91 Å². The average molecular weight is 236 g/mol. The number of hydrogen-bond donors (Lipinski definition) is 2. The molecular weight excluding hydrogens is 216 g/mol. The molecule has 0 atom stereocenters. The van der Waals surface area contributed by atoms with Gasteiger partial charge in [0.15, 0.2) is 0 Å². The maximum absolute atomic E-state index is 11.3. The molecule has 0 aliphatic carbocycles. The van der Waals surface area contributed by atoms with Crippen molar-refractivity contribution >= 4 is 11.7 Å². The highest BCUT2D eigenvalue weighted by Crippen LogP contribution is 1.99. The smallest absolute Gasteiger partial charge is 0.220 e. The molecule has 1 heterocycles. The summed E-state index contributed by atoms with van der Waals surface area (Å²) in [5.41, 5.74) is 0.892. The number of nitrogens with zero attached hydrogens (tertiary/aromatic N) is 2. The lowest BCUT2D eigenvalue weighted by atomic mass is 10.2. The van der Waals surface area contributed by atoms with Crippen molar-refractivity contribution in [1.29, 1.82) is 0 Å². The van der Waals surface area contributed by atoms with E-state index in [2.05, 4.69) is 27.8 Å². The van der Waals surface area contributed by atoms with Crippen molar-refractivity contribution in [1.82, 2.24) is 15.5 Å². The minimum absolute atomic E-state index is 0.114. The van der Waals surface area contributed by atoms with Crippen LogP contribution in [0.15, 0.2) is 12.1 Å². The Bertz CT molecular complexity index is 337. The molecule has 0 aliphatic heterocycles. The predicted octanol–water partition coefficient (Wildman–Crippen LogP) is 1.50. The second kappa shape index (κ2) is 7.60. The summed E-state index contributed by atoms with van der Waals surface area (Å²) >= 11 is 0. The number of hydrogen-bond acceptors (Lipinski definition) is 4. The molecule has 0 radical (unpaired) electrons. The van der Waals surface area contributed by atoms with Crippen LogP contribution in [0.2, 0.25) is 0 Å². The molecule has 0 bridgehead atoms. The SMILES string of the molecule is CCCCC(=O)NCCNc1ccc(C)nn1. The molecule has 1 aromatic rings. The van der Waals surface area contributed by atoms with Gasteiger partial charge in [0, 0.05) is 19.5 Å². The number of aryl methyl sites for hydroxylation is 1. The first-order valence-corrected chi connectivity index (χ1v) is 6.03. The van der Waals surface area contributed by atoms with Gasteiger partial charge in [-0.2, -0.15) is 5.10 Å². The number of anilines is 1. The van der Waals surface area contributed by atoms with Crippen LogP contribution in [0.3, 0.4) is 0 Å². The number of aromatic nitrogens is 2. The highest BCUT2D eigenvalue weighted by atomic mass is 16.1. The first-order valence-electron chi connectivity index (χ1n) is 6.03. The van der Waals surface area contributed by atoms with Crippen molar-refractivity contribution in [2.45, 2.75) is 33.1 Å². The summed E-state index contributed by atoms with van der Waals surface area (Å²) in [6.07, 6.45) is 2.61. The zero-order valence-electron chi connectivity index (χ0n) is 10.5. The van der Waals surface area contributed by atoms with Crippen LogP contribution in [-0.2, 0) is 4.79 Å². The molecule has 1 amide bonds. The minimum atomic E-state index is 0.114. The minimum Gasteiger partial charge on any atom is -0.367 e. The van der Waals surface area contributed by atoms with Crippen LogP contribution in [0.4, 0.5) is 5.82 Å². The fourth-order valence-electron chi connectivity index (χ4n) is 1.31. The van der Waals surface area contributed by atoms with E-state index in [1.165, 1.54) is 0 Å². The third-order valence-electron chi connectivity index (χ3n) is 2.31. The molecule has 1 aromatic heterocycles. The van der Waals surface area contributed by atoms with Crippen LogP contribution in [0.25, 0.3) is 0 Å². The first kappa shape index (κ1) is 13.4. The summed E-state index contributed by atoms with van der Waals surface area (Å²) in [6.45, 7) is 5.24. The Labute approximate surface area is 102 Å². The monoisotopic (exact) mass is 236 g/mol. The summed E-state index contributed by atoms with van der Waals surface area (Å²) in [4.78, 5) is 11.3. The van der Waals surface area contributed by atoms with Gasteiger partial charge in [0.1, 0.15) is 5.82 Å². The van der Waals surface area contributed by atoms with Crippen LogP contribution in [-0.4, -0.2) is 29.2 Å². The van der Waals surface area contributed by atoms with Crippen LogP contribution in [0.1, 0.15) is 31.9 Å². The lowest BCUT2D eigenvalue weighted by Gasteiger charge is -2.06. The van der Waals surface area contributed by atoms with Gasteiger partial charge in [0.05, 0.1) is 5.69 Å². The summed E-state index contributed by atoms with van der Waals surface area (Å²) in [5.74, 6) is 0.849. The fourth-order valence-corrected chi connectivity index (χ4v) is 1.31. The molecule has 0 saturated heterocycles. The molecule has 5 nitrogen and oxygen atoms in total. The summed E-state index contributed by atoms with van der Waals surface area (Å²) in [7, 11) is 0. The van der Waals surface area contributed by atoms with E-state index in [0.29, 0.717) is 19.5 Å². The van der Waals surface area contributed by atoms with E-state index in [0.717, 1.165) is 24.4 Å². The van der Waals surface area contributed by atoms with Crippen molar-refractivity contribution in [3.8, 4) is 0 Å². The Morgan fingerprint density at radius 2 is 2.12 bits per heavy atom. The maximum atomic E-state index is 11.3. The summed E-state index contributed by atoms with van der Waals surface area (Å²) in [6, 6.07) is 3.77. The molecular formula is C12H20N4O. The Kier molecular flexibility index (Phi) is 5.99. The maximum Gasteiger partial charge on any atom is 0.220 e. The van der Waals surface area contributed by atoms with Gasteiger partial charge in [0.25, 0.3) is 0 Å². The molecule has 0 aromatic carbocycles. The molecule has 2 N–H and O–H groups in total. The van der Waals surface area contributed by atoms with Gasteiger partial charge in [-0.1, -0.05) is 13.3 Å².